The molecule has 88 valence electrons. The van der Waals surface area contributed by atoms with Crippen molar-refractivity contribution in [1.82, 2.24) is 5.32 Å². The summed E-state index contributed by atoms with van der Waals surface area (Å²) in [5.41, 5.74) is 3.25. The van der Waals surface area contributed by atoms with Gasteiger partial charge in [0.15, 0.2) is 0 Å². The summed E-state index contributed by atoms with van der Waals surface area (Å²) in [4.78, 5) is 0. The quantitative estimate of drug-likeness (QED) is 0.830. The minimum atomic E-state index is 0.833. The van der Waals surface area contributed by atoms with Crippen molar-refractivity contribution in [3.05, 3.63) is 21.9 Å². The summed E-state index contributed by atoms with van der Waals surface area (Å²) in [5.74, 6) is 0.871. The number of nitrogens with one attached hydrogen (secondary N) is 1. The van der Waals surface area contributed by atoms with E-state index in [-0.39, 0.29) is 0 Å². The molecule has 0 atom stereocenters. The van der Waals surface area contributed by atoms with Crippen molar-refractivity contribution >= 4 is 11.3 Å². The fourth-order valence-corrected chi connectivity index (χ4v) is 3.73. The molecule has 0 spiro atoms. The summed E-state index contributed by atoms with van der Waals surface area (Å²) in [6.45, 7) is 1.11. The lowest BCUT2D eigenvalue weighted by molar-refractivity contribution is 0.441. The Morgan fingerprint density at radius 2 is 1.88 bits per heavy atom. The molecule has 0 saturated heterocycles. The largest absolute Gasteiger partial charge is 0.310 e. The zero-order valence-electron chi connectivity index (χ0n) is 9.87. The summed E-state index contributed by atoms with van der Waals surface area (Å²) in [6.07, 6.45) is 9.97. The van der Waals surface area contributed by atoms with Crippen molar-refractivity contribution in [3.63, 3.8) is 0 Å². The van der Waals surface area contributed by atoms with Crippen LogP contribution in [0.4, 0.5) is 0 Å². The molecule has 3 rings (SSSR count). The zero-order valence-corrected chi connectivity index (χ0v) is 10.7. The number of hydrogen-bond donors (Lipinski definition) is 1. The van der Waals surface area contributed by atoms with E-state index in [1.54, 1.807) is 11.1 Å². The fourth-order valence-electron chi connectivity index (χ4n) is 2.79. The van der Waals surface area contributed by atoms with Gasteiger partial charge in [0.05, 0.1) is 0 Å². The molecule has 1 aromatic rings. The maximum Gasteiger partial charge on any atom is 0.0219 e. The maximum absolute atomic E-state index is 3.65. The lowest BCUT2D eigenvalue weighted by Crippen LogP contribution is -2.16. The second-order valence-corrected chi connectivity index (χ2v) is 6.09. The van der Waals surface area contributed by atoms with E-state index in [0.717, 1.165) is 18.5 Å². The van der Waals surface area contributed by atoms with Crippen molar-refractivity contribution in [2.75, 3.05) is 0 Å². The molecule has 2 aliphatic carbocycles. The fraction of sp³-hybridized carbons (Fsp3) is 0.714. The third-order valence-electron chi connectivity index (χ3n) is 3.98. The van der Waals surface area contributed by atoms with Crippen LogP contribution in [0.1, 0.15) is 62.0 Å². The number of hydrogen-bond acceptors (Lipinski definition) is 2. The van der Waals surface area contributed by atoms with E-state index in [0.29, 0.717) is 0 Å². The maximum atomic E-state index is 3.65. The molecule has 2 fully saturated rings. The average molecular weight is 235 g/mol. The van der Waals surface area contributed by atoms with Crippen LogP contribution in [0, 0.1) is 0 Å². The van der Waals surface area contributed by atoms with Crippen LogP contribution < -0.4 is 5.32 Å². The smallest absolute Gasteiger partial charge is 0.0219 e. The van der Waals surface area contributed by atoms with E-state index in [1.165, 1.54) is 44.9 Å². The highest BCUT2D eigenvalue weighted by molar-refractivity contribution is 7.08. The van der Waals surface area contributed by atoms with E-state index in [9.17, 15) is 0 Å². The standard InChI is InChI=1S/C14H21NS/c1-2-4-11(5-3-1)14-10-16-9-12(14)8-15-13-6-7-13/h9-11,13,15H,1-8H2. The summed E-state index contributed by atoms with van der Waals surface area (Å²) in [5, 5.41) is 8.41. The van der Waals surface area contributed by atoms with Gasteiger partial charge in [0.25, 0.3) is 0 Å². The molecule has 0 aliphatic heterocycles. The Kier molecular flexibility index (Phi) is 3.30. The van der Waals surface area contributed by atoms with Crippen LogP contribution in [-0.2, 0) is 6.54 Å². The average Bonchev–Trinajstić information content (AvgIpc) is 3.05. The molecule has 1 nitrogen and oxygen atoms in total. The van der Waals surface area contributed by atoms with Gasteiger partial charge in [-0.25, -0.2) is 0 Å². The first-order valence-corrected chi connectivity index (χ1v) is 7.66. The van der Waals surface area contributed by atoms with Gasteiger partial charge in [-0.2, -0.15) is 11.3 Å². The van der Waals surface area contributed by atoms with Gasteiger partial charge in [-0.05, 0) is 53.5 Å². The highest BCUT2D eigenvalue weighted by Crippen LogP contribution is 2.36. The van der Waals surface area contributed by atoms with E-state index in [2.05, 4.69) is 16.1 Å². The molecule has 2 saturated carbocycles. The molecule has 0 bridgehead atoms. The third-order valence-corrected chi connectivity index (χ3v) is 4.79. The van der Waals surface area contributed by atoms with Gasteiger partial charge in [0.1, 0.15) is 0 Å². The van der Waals surface area contributed by atoms with Crippen LogP contribution >= 0.6 is 11.3 Å². The highest BCUT2D eigenvalue weighted by atomic mass is 32.1. The predicted octanol–water partition coefficient (Wildman–Crippen LogP) is 4.05. The second-order valence-electron chi connectivity index (χ2n) is 5.34. The second kappa shape index (κ2) is 4.89. The third kappa shape index (κ3) is 2.49. The van der Waals surface area contributed by atoms with Crippen LogP contribution in [0.15, 0.2) is 10.8 Å². The molecular formula is C14H21NS. The van der Waals surface area contributed by atoms with Crippen molar-refractivity contribution in [2.24, 2.45) is 0 Å². The minimum absolute atomic E-state index is 0.833. The summed E-state index contributed by atoms with van der Waals surface area (Å²) in [6, 6.07) is 0.833. The van der Waals surface area contributed by atoms with Gasteiger partial charge in [0, 0.05) is 12.6 Å². The van der Waals surface area contributed by atoms with Crippen LogP contribution in [0.25, 0.3) is 0 Å². The monoisotopic (exact) mass is 235 g/mol. The lowest BCUT2D eigenvalue weighted by Gasteiger charge is -2.22. The summed E-state index contributed by atoms with van der Waals surface area (Å²) in [7, 11) is 0. The first-order valence-electron chi connectivity index (χ1n) is 6.72. The first-order chi connectivity index (χ1) is 7.93. The normalized spacial score (nSPS) is 22.5. The first kappa shape index (κ1) is 10.8. The Morgan fingerprint density at radius 1 is 1.06 bits per heavy atom. The molecule has 1 N–H and O–H groups in total. The number of rotatable bonds is 4. The van der Waals surface area contributed by atoms with E-state index < -0.39 is 0 Å². The van der Waals surface area contributed by atoms with Gasteiger partial charge in [0.2, 0.25) is 0 Å². The van der Waals surface area contributed by atoms with E-state index in [4.69, 9.17) is 0 Å². The van der Waals surface area contributed by atoms with Crippen molar-refractivity contribution in [1.29, 1.82) is 0 Å². The topological polar surface area (TPSA) is 12.0 Å². The Morgan fingerprint density at radius 3 is 2.62 bits per heavy atom. The van der Waals surface area contributed by atoms with E-state index in [1.807, 2.05) is 11.3 Å². The Balaban J connectivity index is 1.65. The molecule has 2 heteroatoms. The lowest BCUT2D eigenvalue weighted by atomic mass is 9.84. The molecule has 0 aromatic carbocycles. The van der Waals surface area contributed by atoms with Crippen LogP contribution in [-0.4, -0.2) is 6.04 Å². The van der Waals surface area contributed by atoms with E-state index >= 15 is 0 Å². The highest BCUT2D eigenvalue weighted by Gasteiger charge is 2.22. The van der Waals surface area contributed by atoms with Crippen molar-refractivity contribution in [2.45, 2.75) is 63.5 Å². The van der Waals surface area contributed by atoms with Crippen LogP contribution in [0.5, 0.6) is 0 Å². The molecular weight excluding hydrogens is 214 g/mol. The molecule has 0 amide bonds. The van der Waals surface area contributed by atoms with Gasteiger partial charge in [-0.1, -0.05) is 19.3 Å². The van der Waals surface area contributed by atoms with Gasteiger partial charge in [-0.15, -0.1) is 0 Å². The molecule has 1 aromatic heterocycles. The SMILES string of the molecule is c1scc(C2CCCCC2)c1CNC1CC1. The van der Waals surface area contributed by atoms with Gasteiger partial charge >= 0.3 is 0 Å². The molecule has 16 heavy (non-hydrogen) atoms. The van der Waals surface area contributed by atoms with Crippen LogP contribution in [0.3, 0.4) is 0 Å². The Hall–Kier alpha value is -0.340. The Bertz CT molecular complexity index is 334. The van der Waals surface area contributed by atoms with Gasteiger partial charge in [-0.3, -0.25) is 0 Å². The summed E-state index contributed by atoms with van der Waals surface area (Å²) >= 11 is 1.89. The zero-order chi connectivity index (χ0) is 10.8. The van der Waals surface area contributed by atoms with Crippen molar-refractivity contribution < 1.29 is 0 Å². The predicted molar refractivity (Wildman–Crippen MR) is 70.0 cm³/mol. The summed E-state index contributed by atoms with van der Waals surface area (Å²) < 4.78 is 0. The number of thiophene rings is 1. The molecule has 2 aliphatic rings. The van der Waals surface area contributed by atoms with Crippen LogP contribution in [0.2, 0.25) is 0 Å². The van der Waals surface area contributed by atoms with Gasteiger partial charge < -0.3 is 5.32 Å². The Labute approximate surface area is 102 Å². The minimum Gasteiger partial charge on any atom is -0.310 e. The van der Waals surface area contributed by atoms with Crippen molar-refractivity contribution in [3.8, 4) is 0 Å². The molecule has 0 unspecified atom stereocenters. The molecule has 1 heterocycles. The molecule has 0 radical (unpaired) electrons.